The van der Waals surface area contributed by atoms with Crippen molar-refractivity contribution in [1.29, 1.82) is 0 Å². The molecule has 0 aliphatic carbocycles. The zero-order valence-electron chi connectivity index (χ0n) is 20.8. The molecule has 5 rings (SSSR count). The lowest BCUT2D eigenvalue weighted by Gasteiger charge is -2.26. The van der Waals surface area contributed by atoms with Gasteiger partial charge in [0, 0.05) is 30.9 Å². The molecule has 0 saturated heterocycles. The number of oxime groups is 1. The largest absolute Gasteiger partial charge is 0.346 e. The van der Waals surface area contributed by atoms with E-state index >= 15 is 0 Å². The molecule has 0 fully saturated rings. The predicted octanol–water partition coefficient (Wildman–Crippen LogP) is 5.19. The van der Waals surface area contributed by atoms with Crippen molar-refractivity contribution in [3.8, 4) is 0 Å². The van der Waals surface area contributed by atoms with Crippen LogP contribution in [0.1, 0.15) is 22.4 Å². The summed E-state index contributed by atoms with van der Waals surface area (Å²) in [7, 11) is 0. The van der Waals surface area contributed by atoms with Gasteiger partial charge in [-0.3, -0.25) is 4.79 Å². The number of amides is 1. The molecule has 0 radical (unpaired) electrons. The number of anilines is 1. The number of benzene rings is 3. The third-order valence-corrected chi connectivity index (χ3v) is 6.58. The molecule has 186 valence electrons. The van der Waals surface area contributed by atoms with E-state index in [1.807, 2.05) is 115 Å². The molecule has 4 aromatic rings. The van der Waals surface area contributed by atoms with Gasteiger partial charge >= 0.3 is 5.97 Å². The summed E-state index contributed by atoms with van der Waals surface area (Å²) in [5.74, 6) is -0.535. The summed E-state index contributed by atoms with van der Waals surface area (Å²) in [6, 6.07) is 31.1. The standard InChI is InChI=1S/C31H29N3O3/c1-23-14-16-27(17-15-23)34(29(35)19-24-9-4-2-5-10-24)22-26-21-33-18-8-13-28(33)31(26)32-37-30(36)20-25-11-6-3-7-12-25/h2-18,26H,19-22H2,1H3. The number of aryl methyl sites for hydroxylation is 1. The monoisotopic (exact) mass is 491 g/mol. The second-order valence-electron chi connectivity index (χ2n) is 9.35. The van der Waals surface area contributed by atoms with E-state index in [9.17, 15) is 9.59 Å². The van der Waals surface area contributed by atoms with Crippen molar-refractivity contribution in [2.24, 2.45) is 11.1 Å². The van der Waals surface area contributed by atoms with E-state index < -0.39 is 5.97 Å². The first-order valence-electron chi connectivity index (χ1n) is 12.4. The van der Waals surface area contributed by atoms with Crippen LogP contribution in [-0.2, 0) is 33.8 Å². The highest BCUT2D eigenvalue weighted by atomic mass is 16.7. The van der Waals surface area contributed by atoms with Crippen LogP contribution in [0, 0.1) is 12.8 Å². The van der Waals surface area contributed by atoms with Gasteiger partial charge in [-0.1, -0.05) is 83.5 Å². The number of carbonyl (C=O) groups excluding carboxylic acids is 2. The maximum atomic E-state index is 13.6. The van der Waals surface area contributed by atoms with Crippen LogP contribution in [0.4, 0.5) is 5.69 Å². The van der Waals surface area contributed by atoms with E-state index in [2.05, 4.69) is 9.72 Å². The number of aromatic nitrogens is 1. The zero-order chi connectivity index (χ0) is 25.6. The normalized spacial score (nSPS) is 15.4. The molecule has 1 amide bonds. The highest BCUT2D eigenvalue weighted by Crippen LogP contribution is 2.26. The summed E-state index contributed by atoms with van der Waals surface area (Å²) in [5, 5.41) is 4.33. The molecule has 37 heavy (non-hydrogen) atoms. The Bertz CT molecular complexity index is 1390. The first-order valence-corrected chi connectivity index (χ1v) is 12.4. The minimum absolute atomic E-state index is 0.00653. The minimum atomic E-state index is -0.419. The molecular weight excluding hydrogens is 462 g/mol. The van der Waals surface area contributed by atoms with E-state index in [-0.39, 0.29) is 18.2 Å². The third-order valence-electron chi connectivity index (χ3n) is 6.58. The molecule has 6 heteroatoms. The molecule has 0 spiro atoms. The van der Waals surface area contributed by atoms with Crippen molar-refractivity contribution in [1.82, 2.24) is 4.57 Å². The highest BCUT2D eigenvalue weighted by Gasteiger charge is 2.33. The molecule has 1 aliphatic heterocycles. The summed E-state index contributed by atoms with van der Waals surface area (Å²) < 4.78 is 2.09. The summed E-state index contributed by atoms with van der Waals surface area (Å²) in [6.07, 6.45) is 2.43. The molecule has 1 atom stereocenters. The van der Waals surface area contributed by atoms with Gasteiger partial charge in [0.25, 0.3) is 0 Å². The number of hydrogen-bond donors (Lipinski definition) is 0. The second-order valence-corrected chi connectivity index (χ2v) is 9.35. The van der Waals surface area contributed by atoms with Crippen LogP contribution in [0.3, 0.4) is 0 Å². The van der Waals surface area contributed by atoms with Crippen molar-refractivity contribution in [2.45, 2.75) is 26.3 Å². The van der Waals surface area contributed by atoms with Crippen LogP contribution >= 0.6 is 0 Å². The van der Waals surface area contributed by atoms with Gasteiger partial charge in [-0.25, -0.2) is 4.79 Å². The van der Waals surface area contributed by atoms with Gasteiger partial charge in [0.2, 0.25) is 5.91 Å². The molecule has 1 unspecified atom stereocenters. The lowest BCUT2D eigenvalue weighted by atomic mass is 10.0. The first-order chi connectivity index (χ1) is 18.1. The van der Waals surface area contributed by atoms with Crippen LogP contribution < -0.4 is 4.90 Å². The predicted molar refractivity (Wildman–Crippen MR) is 144 cm³/mol. The van der Waals surface area contributed by atoms with Crippen molar-refractivity contribution in [2.75, 3.05) is 11.4 Å². The summed E-state index contributed by atoms with van der Waals surface area (Å²) >= 11 is 0. The molecule has 6 nitrogen and oxygen atoms in total. The van der Waals surface area contributed by atoms with E-state index in [1.54, 1.807) is 0 Å². The van der Waals surface area contributed by atoms with Crippen molar-refractivity contribution in [3.05, 3.63) is 126 Å². The Balaban J connectivity index is 1.38. The van der Waals surface area contributed by atoms with Crippen LogP contribution in [0.5, 0.6) is 0 Å². The van der Waals surface area contributed by atoms with Crippen molar-refractivity contribution >= 4 is 23.3 Å². The third kappa shape index (κ3) is 5.86. The van der Waals surface area contributed by atoms with E-state index in [0.717, 1.165) is 28.1 Å². The van der Waals surface area contributed by atoms with Crippen LogP contribution in [0.2, 0.25) is 0 Å². The highest BCUT2D eigenvalue weighted by molar-refractivity contribution is 6.04. The molecule has 2 heterocycles. The fourth-order valence-corrected chi connectivity index (χ4v) is 4.66. The van der Waals surface area contributed by atoms with Crippen molar-refractivity contribution < 1.29 is 14.4 Å². The van der Waals surface area contributed by atoms with Gasteiger partial charge in [-0.2, -0.15) is 0 Å². The molecule has 3 aromatic carbocycles. The molecule has 1 aromatic heterocycles. The summed E-state index contributed by atoms with van der Waals surface area (Å²) in [5.41, 5.74) is 5.38. The van der Waals surface area contributed by atoms with Gasteiger partial charge in [0.05, 0.1) is 18.5 Å². The molecule has 0 bridgehead atoms. The van der Waals surface area contributed by atoms with E-state index in [0.29, 0.717) is 25.2 Å². The quantitative estimate of drug-likeness (QED) is 0.252. The van der Waals surface area contributed by atoms with Crippen LogP contribution in [0.15, 0.2) is 108 Å². The number of fused-ring (bicyclic) bond motifs is 1. The van der Waals surface area contributed by atoms with Gasteiger partial charge in [-0.05, 0) is 42.3 Å². The zero-order valence-corrected chi connectivity index (χ0v) is 20.8. The van der Waals surface area contributed by atoms with Gasteiger partial charge in [0.15, 0.2) is 0 Å². The maximum absolute atomic E-state index is 13.6. The van der Waals surface area contributed by atoms with Gasteiger partial charge in [0.1, 0.15) is 5.71 Å². The first kappa shape index (κ1) is 24.3. The maximum Gasteiger partial charge on any atom is 0.339 e. The minimum Gasteiger partial charge on any atom is -0.346 e. The number of carbonyl (C=O) groups is 2. The fraction of sp³-hybridized carbons (Fsp3) is 0.194. The number of nitrogens with zero attached hydrogens (tertiary/aromatic N) is 3. The number of rotatable bonds is 8. The van der Waals surface area contributed by atoms with Crippen molar-refractivity contribution in [3.63, 3.8) is 0 Å². The Morgan fingerprint density at radius 2 is 1.51 bits per heavy atom. The van der Waals surface area contributed by atoms with Crippen LogP contribution in [-0.4, -0.2) is 28.7 Å². The Morgan fingerprint density at radius 1 is 0.865 bits per heavy atom. The molecular formula is C31H29N3O3. The average Bonchev–Trinajstić information content (AvgIpc) is 3.49. The fourth-order valence-electron chi connectivity index (χ4n) is 4.66. The lowest BCUT2D eigenvalue weighted by Crippen LogP contribution is -2.38. The topological polar surface area (TPSA) is 63.9 Å². The Kier molecular flexibility index (Phi) is 7.26. The van der Waals surface area contributed by atoms with Crippen LogP contribution in [0.25, 0.3) is 0 Å². The number of hydrogen-bond acceptors (Lipinski definition) is 4. The van der Waals surface area contributed by atoms with Gasteiger partial charge in [-0.15, -0.1) is 0 Å². The molecule has 0 saturated carbocycles. The molecule has 0 N–H and O–H groups in total. The molecule has 1 aliphatic rings. The summed E-state index contributed by atoms with van der Waals surface area (Å²) in [4.78, 5) is 33.3. The van der Waals surface area contributed by atoms with E-state index in [1.165, 1.54) is 0 Å². The SMILES string of the molecule is Cc1ccc(N(CC2Cn3cccc3C2=NOC(=O)Cc2ccccc2)C(=O)Cc2ccccc2)cc1. The smallest absolute Gasteiger partial charge is 0.339 e. The summed E-state index contributed by atoms with van der Waals surface area (Å²) in [6.45, 7) is 3.10. The van der Waals surface area contributed by atoms with Gasteiger partial charge < -0.3 is 14.3 Å². The Hall–Kier alpha value is -4.45. The Labute approximate surface area is 216 Å². The van der Waals surface area contributed by atoms with E-state index in [4.69, 9.17) is 4.84 Å². The average molecular weight is 492 g/mol. The Morgan fingerprint density at radius 3 is 2.19 bits per heavy atom. The lowest BCUT2D eigenvalue weighted by molar-refractivity contribution is -0.142. The second kappa shape index (κ2) is 11.1.